The van der Waals surface area contributed by atoms with Gasteiger partial charge in [0.15, 0.2) is 28.4 Å². The Morgan fingerprint density at radius 2 is 2.17 bits per heavy atom. The van der Waals surface area contributed by atoms with E-state index in [9.17, 15) is 4.39 Å². The molecule has 0 bridgehead atoms. The van der Waals surface area contributed by atoms with Gasteiger partial charge in [0, 0.05) is 13.0 Å². The van der Waals surface area contributed by atoms with Crippen molar-refractivity contribution in [2.45, 2.75) is 56.7 Å². The van der Waals surface area contributed by atoms with E-state index in [0.29, 0.717) is 23.4 Å². The molecule has 2 aromatic heterocycles. The molecule has 9 heteroatoms. The fraction of sp³-hybridized carbons (Fsp3) is 0.400. The average Bonchev–Trinajstić information content (AvgIpc) is 3.34. The number of halogens is 1. The van der Waals surface area contributed by atoms with Crippen LogP contribution in [0.15, 0.2) is 46.6 Å². The summed E-state index contributed by atoms with van der Waals surface area (Å²) in [7, 11) is 0. The smallest absolute Gasteiger partial charge is 0.239 e. The van der Waals surface area contributed by atoms with Gasteiger partial charge in [-0.1, -0.05) is 48.5 Å². The lowest BCUT2D eigenvalue weighted by atomic mass is 10.2. The van der Waals surface area contributed by atoms with Gasteiger partial charge in [0.25, 0.3) is 0 Å². The molecule has 0 aliphatic heterocycles. The molecule has 3 aromatic rings. The largest absolute Gasteiger partial charge is 0.483 e. The Morgan fingerprint density at radius 3 is 2.93 bits per heavy atom. The average molecular weight is 418 g/mol. The number of aromatic nitrogens is 5. The molecule has 0 aliphatic rings. The van der Waals surface area contributed by atoms with Crippen molar-refractivity contribution in [3.63, 3.8) is 0 Å². The zero-order valence-electron chi connectivity index (χ0n) is 16.5. The molecule has 1 atom stereocenters. The molecule has 0 saturated heterocycles. The van der Waals surface area contributed by atoms with Gasteiger partial charge in [-0.05, 0) is 25.5 Å². The molecule has 0 aliphatic carbocycles. The lowest BCUT2D eigenvalue weighted by Crippen LogP contribution is -2.08. The van der Waals surface area contributed by atoms with E-state index in [-0.39, 0.29) is 17.6 Å². The number of benzene rings is 1. The highest BCUT2D eigenvalue weighted by Gasteiger charge is 2.20. The standard InChI is InChI=1S/C20H24FN5O2S/c1-4-6-11-17-22-19(28-25-17)14(3)29-20-24-23-18(26(20)12-5-2)13-27-16-10-8-7-9-15(16)21/h5,7-10,14H,2,4,6,11-13H2,1,3H3. The normalized spacial score (nSPS) is 12.1. The summed E-state index contributed by atoms with van der Waals surface area (Å²) in [6.07, 6.45) is 4.66. The van der Waals surface area contributed by atoms with E-state index in [4.69, 9.17) is 9.26 Å². The molecule has 1 aromatic carbocycles. The minimum absolute atomic E-state index is 0.0917. The van der Waals surface area contributed by atoms with Crippen LogP contribution in [-0.4, -0.2) is 24.9 Å². The quantitative estimate of drug-likeness (QED) is 0.329. The van der Waals surface area contributed by atoms with Gasteiger partial charge in [0.2, 0.25) is 5.89 Å². The van der Waals surface area contributed by atoms with Crippen LogP contribution in [0.5, 0.6) is 5.75 Å². The van der Waals surface area contributed by atoms with Crippen LogP contribution < -0.4 is 4.74 Å². The SMILES string of the molecule is C=CCn1c(COc2ccccc2F)nnc1SC(C)c1nc(CCCC)no1. The van der Waals surface area contributed by atoms with Crippen LogP contribution in [0.2, 0.25) is 0 Å². The molecule has 154 valence electrons. The van der Waals surface area contributed by atoms with Crippen molar-refractivity contribution in [1.82, 2.24) is 24.9 Å². The van der Waals surface area contributed by atoms with E-state index >= 15 is 0 Å². The third kappa shape index (κ3) is 5.44. The third-order valence-electron chi connectivity index (χ3n) is 4.17. The first-order valence-electron chi connectivity index (χ1n) is 9.51. The zero-order valence-corrected chi connectivity index (χ0v) is 17.4. The topological polar surface area (TPSA) is 78.9 Å². The Balaban J connectivity index is 1.69. The van der Waals surface area contributed by atoms with E-state index in [1.54, 1.807) is 24.3 Å². The summed E-state index contributed by atoms with van der Waals surface area (Å²) >= 11 is 1.46. The van der Waals surface area contributed by atoms with Crippen molar-refractivity contribution in [3.05, 3.63) is 60.3 Å². The van der Waals surface area contributed by atoms with Crippen molar-refractivity contribution in [3.8, 4) is 5.75 Å². The molecular weight excluding hydrogens is 393 g/mol. The highest BCUT2D eigenvalue weighted by atomic mass is 32.2. The van der Waals surface area contributed by atoms with Crippen LogP contribution in [-0.2, 0) is 19.6 Å². The van der Waals surface area contributed by atoms with Crippen LogP contribution in [0, 0.1) is 5.82 Å². The molecule has 0 radical (unpaired) electrons. The Labute approximate surface area is 173 Å². The van der Waals surface area contributed by atoms with E-state index in [2.05, 4.69) is 33.8 Å². The molecule has 0 amide bonds. The summed E-state index contributed by atoms with van der Waals surface area (Å²) in [6, 6.07) is 6.26. The van der Waals surface area contributed by atoms with Crippen molar-refractivity contribution >= 4 is 11.8 Å². The number of nitrogens with zero attached hydrogens (tertiary/aromatic N) is 5. The van der Waals surface area contributed by atoms with Gasteiger partial charge in [0.1, 0.15) is 6.61 Å². The van der Waals surface area contributed by atoms with Gasteiger partial charge in [0.05, 0.1) is 5.25 Å². The van der Waals surface area contributed by atoms with Crippen molar-refractivity contribution in [1.29, 1.82) is 0 Å². The summed E-state index contributed by atoms with van der Waals surface area (Å²) in [5.41, 5.74) is 0. The number of allylic oxidation sites excluding steroid dienone is 1. The maximum absolute atomic E-state index is 13.8. The monoisotopic (exact) mass is 417 g/mol. The number of thioether (sulfide) groups is 1. The number of rotatable bonds is 11. The lowest BCUT2D eigenvalue weighted by Gasteiger charge is -2.10. The summed E-state index contributed by atoms with van der Waals surface area (Å²) in [5.74, 6) is 1.62. The Hall–Kier alpha value is -2.68. The van der Waals surface area contributed by atoms with Gasteiger partial charge in [-0.15, -0.1) is 16.8 Å². The summed E-state index contributed by atoms with van der Waals surface area (Å²) in [4.78, 5) is 4.47. The molecule has 3 rings (SSSR count). The Bertz CT molecular complexity index is 943. The molecule has 7 nitrogen and oxygen atoms in total. The number of ether oxygens (including phenoxy) is 1. The fourth-order valence-corrected chi connectivity index (χ4v) is 3.51. The maximum atomic E-state index is 13.8. The number of para-hydroxylation sites is 1. The van der Waals surface area contributed by atoms with Crippen LogP contribution in [0.4, 0.5) is 4.39 Å². The molecule has 0 spiro atoms. The Morgan fingerprint density at radius 1 is 1.34 bits per heavy atom. The highest BCUT2D eigenvalue weighted by molar-refractivity contribution is 7.99. The minimum Gasteiger partial charge on any atom is -0.483 e. The number of aryl methyl sites for hydroxylation is 1. The van der Waals surface area contributed by atoms with Gasteiger partial charge in [-0.2, -0.15) is 4.98 Å². The van der Waals surface area contributed by atoms with E-state index in [1.165, 1.54) is 17.8 Å². The van der Waals surface area contributed by atoms with Crippen molar-refractivity contribution in [2.75, 3.05) is 0 Å². The summed E-state index contributed by atoms with van der Waals surface area (Å²) in [6.45, 7) is 8.49. The molecular formula is C20H24FN5O2S. The van der Waals surface area contributed by atoms with Crippen LogP contribution in [0.1, 0.15) is 49.5 Å². The second-order valence-corrected chi connectivity index (χ2v) is 7.74. The highest BCUT2D eigenvalue weighted by Crippen LogP contribution is 2.33. The lowest BCUT2D eigenvalue weighted by molar-refractivity contribution is 0.275. The van der Waals surface area contributed by atoms with Crippen LogP contribution >= 0.6 is 11.8 Å². The van der Waals surface area contributed by atoms with Gasteiger partial charge >= 0.3 is 0 Å². The van der Waals surface area contributed by atoms with Gasteiger partial charge < -0.3 is 9.26 Å². The first kappa shape index (κ1) is 21.0. The second-order valence-electron chi connectivity index (χ2n) is 6.43. The summed E-state index contributed by atoms with van der Waals surface area (Å²) < 4.78 is 26.6. The molecule has 1 unspecified atom stereocenters. The van der Waals surface area contributed by atoms with Crippen LogP contribution in [0.3, 0.4) is 0 Å². The zero-order chi connectivity index (χ0) is 20.6. The molecule has 0 fully saturated rings. The van der Waals surface area contributed by atoms with Gasteiger partial charge in [-0.25, -0.2) is 4.39 Å². The number of hydrogen-bond donors (Lipinski definition) is 0. The van der Waals surface area contributed by atoms with Crippen LogP contribution in [0.25, 0.3) is 0 Å². The van der Waals surface area contributed by atoms with E-state index in [1.807, 2.05) is 11.5 Å². The Kier molecular flexibility index (Phi) is 7.40. The van der Waals surface area contributed by atoms with E-state index < -0.39 is 5.82 Å². The minimum atomic E-state index is -0.416. The predicted octanol–water partition coefficient (Wildman–Crippen LogP) is 4.76. The predicted molar refractivity (Wildman–Crippen MR) is 108 cm³/mol. The first-order chi connectivity index (χ1) is 14.1. The van der Waals surface area contributed by atoms with E-state index in [0.717, 1.165) is 25.1 Å². The number of unbranched alkanes of at least 4 members (excludes halogenated alkanes) is 1. The number of hydrogen-bond acceptors (Lipinski definition) is 7. The molecule has 0 N–H and O–H groups in total. The molecule has 29 heavy (non-hydrogen) atoms. The molecule has 2 heterocycles. The summed E-state index contributed by atoms with van der Waals surface area (Å²) in [5, 5.41) is 13.1. The first-order valence-corrected chi connectivity index (χ1v) is 10.4. The van der Waals surface area contributed by atoms with Crippen molar-refractivity contribution < 1.29 is 13.7 Å². The van der Waals surface area contributed by atoms with Gasteiger partial charge in [-0.3, -0.25) is 4.57 Å². The van der Waals surface area contributed by atoms with Crippen molar-refractivity contribution in [2.24, 2.45) is 0 Å². The molecule has 0 saturated carbocycles. The maximum Gasteiger partial charge on any atom is 0.239 e. The second kappa shape index (κ2) is 10.2. The third-order valence-corrected chi connectivity index (χ3v) is 5.23. The fourth-order valence-electron chi connectivity index (χ4n) is 2.61.